The Bertz CT molecular complexity index is 2190. The predicted molar refractivity (Wildman–Crippen MR) is 216 cm³/mol. The van der Waals surface area contributed by atoms with Crippen LogP contribution in [-0.4, -0.2) is 34.3 Å². The first-order valence-corrected chi connectivity index (χ1v) is 19.5. The van der Waals surface area contributed by atoms with Gasteiger partial charge in [-0.1, -0.05) is 73.9 Å². The summed E-state index contributed by atoms with van der Waals surface area (Å²) in [4.78, 5) is 13.6. The second-order valence-corrected chi connectivity index (χ2v) is 15.1. The number of carbonyl (C=O) groups excluding carboxylic acids is 1. The number of allylic oxidation sites excluding steroid dienone is 4. The smallest absolute Gasteiger partial charge is 0.161 e. The lowest BCUT2D eigenvalue weighted by Gasteiger charge is -2.28. The third-order valence-corrected chi connectivity index (χ3v) is 11.4. The Kier molecular flexibility index (Phi) is 11.9. The van der Waals surface area contributed by atoms with Crippen molar-refractivity contribution in [2.75, 3.05) is 7.11 Å². The van der Waals surface area contributed by atoms with Gasteiger partial charge in [0.25, 0.3) is 0 Å². The van der Waals surface area contributed by atoms with E-state index in [9.17, 15) is 20.1 Å². The zero-order valence-electron chi connectivity index (χ0n) is 31.7. The highest BCUT2D eigenvalue weighted by Gasteiger charge is 2.28. The molecule has 7 nitrogen and oxygen atoms in total. The predicted octanol–water partition coefficient (Wildman–Crippen LogP) is 9.60. The molecule has 0 aromatic heterocycles. The first kappa shape index (κ1) is 37.8. The van der Waals surface area contributed by atoms with Gasteiger partial charge >= 0.3 is 0 Å². The lowest BCUT2D eigenvalue weighted by atomic mass is 9.80. The van der Waals surface area contributed by atoms with E-state index >= 15 is 0 Å². The normalized spacial score (nSPS) is 20.8. The molecule has 8 rings (SSSR count). The molecular weight excluding hydrogens is 689 g/mol. The lowest BCUT2D eigenvalue weighted by Crippen LogP contribution is -2.24. The van der Waals surface area contributed by atoms with Crippen molar-refractivity contribution in [2.24, 2.45) is 11.8 Å². The van der Waals surface area contributed by atoms with Crippen LogP contribution in [0.3, 0.4) is 0 Å². The van der Waals surface area contributed by atoms with E-state index < -0.39 is 6.10 Å². The summed E-state index contributed by atoms with van der Waals surface area (Å²) in [6.07, 6.45) is 18.2. The van der Waals surface area contributed by atoms with Gasteiger partial charge in [-0.25, -0.2) is 0 Å². The van der Waals surface area contributed by atoms with Crippen LogP contribution in [0.15, 0.2) is 90.7 Å². The second kappa shape index (κ2) is 17.3. The molecule has 0 radical (unpaired) electrons. The Morgan fingerprint density at radius 3 is 2.62 bits per heavy atom. The number of benzene rings is 4. The minimum Gasteiger partial charge on any atom is -0.508 e. The fraction of sp³-hybridized carbons (Fsp3) is 0.354. The minimum absolute atomic E-state index is 0.0186. The van der Waals surface area contributed by atoms with Crippen molar-refractivity contribution >= 4 is 22.6 Å². The number of hydrogen-bond acceptors (Lipinski definition) is 7. The van der Waals surface area contributed by atoms with Gasteiger partial charge in [0.05, 0.1) is 13.7 Å². The number of aliphatic hydroxyl groups excluding tert-OH is 2. The number of aliphatic hydroxyl groups is 2. The van der Waals surface area contributed by atoms with Crippen molar-refractivity contribution in [2.45, 2.75) is 89.9 Å². The van der Waals surface area contributed by atoms with E-state index in [2.05, 4.69) is 61.4 Å². The maximum absolute atomic E-state index is 13.6. The summed E-state index contributed by atoms with van der Waals surface area (Å²) in [7, 11) is 1.60. The first-order chi connectivity index (χ1) is 26.8. The standard InChI is InChI=1S/C48H50O7/c1-31-14-20-41-44-30-55-47-23-33(16-21-46(47)53-2)15-18-38(51)27-39(54-22-8-13-40-43(26-36(44)29-49)48(41)42(31)28-45(40)52)25-35-24-37(50)19-17-34(35)12-7-6-11-32-9-4-3-5-10-32/h3-5,9-10,14,16-17,19-21,23-24,26,28,31,34-35,39,49-50,52H,6-7,11-13,15,18,25,27,29-30H2,1-2H3/t31-,34+,35+,39-/m0/s1. The van der Waals surface area contributed by atoms with Crippen molar-refractivity contribution < 1.29 is 34.3 Å². The van der Waals surface area contributed by atoms with Gasteiger partial charge in [-0.15, -0.1) is 0 Å². The van der Waals surface area contributed by atoms with Crippen molar-refractivity contribution in [3.05, 3.63) is 130 Å². The van der Waals surface area contributed by atoms with Crippen LogP contribution in [0.2, 0.25) is 0 Å². The average Bonchev–Trinajstić information content (AvgIpc) is 3.19. The largest absolute Gasteiger partial charge is 0.508 e. The molecule has 284 valence electrons. The molecule has 4 aromatic rings. The quantitative estimate of drug-likeness (QED) is 0.116. The molecule has 4 aliphatic rings. The van der Waals surface area contributed by atoms with E-state index in [-0.39, 0.29) is 61.1 Å². The number of fused-ring (bicyclic) bond motifs is 9. The van der Waals surface area contributed by atoms with Crippen molar-refractivity contribution in [3.63, 3.8) is 0 Å². The van der Waals surface area contributed by atoms with Crippen LogP contribution < -0.4 is 9.47 Å². The summed E-state index contributed by atoms with van der Waals surface area (Å²) < 4.78 is 18.3. The number of phenolic OH excluding ortho intramolecular Hbond substituents is 1. The second-order valence-electron chi connectivity index (χ2n) is 15.1. The van der Waals surface area contributed by atoms with Crippen LogP contribution in [0.25, 0.3) is 16.8 Å². The van der Waals surface area contributed by atoms with Gasteiger partial charge in [0.1, 0.15) is 36.1 Å². The van der Waals surface area contributed by atoms with E-state index in [0.29, 0.717) is 41.9 Å². The average molecular weight is 739 g/mol. The molecule has 6 bridgehead atoms. The highest BCUT2D eigenvalue weighted by Crippen LogP contribution is 2.43. The fourth-order valence-corrected chi connectivity index (χ4v) is 8.36. The van der Waals surface area contributed by atoms with Gasteiger partial charge in [0.2, 0.25) is 0 Å². The molecule has 0 amide bonds. The highest BCUT2D eigenvalue weighted by molar-refractivity contribution is 6.00. The van der Waals surface area contributed by atoms with Crippen molar-refractivity contribution in [1.82, 2.24) is 0 Å². The molecule has 0 saturated carbocycles. The maximum Gasteiger partial charge on any atom is 0.161 e. The number of aryl methyl sites for hydroxylation is 2. The molecule has 2 aliphatic carbocycles. The van der Waals surface area contributed by atoms with E-state index in [1.54, 1.807) is 13.2 Å². The molecule has 2 heterocycles. The Balaban J connectivity index is 1.20. The summed E-state index contributed by atoms with van der Waals surface area (Å²) in [5, 5.41) is 34.4. The summed E-state index contributed by atoms with van der Waals surface area (Å²) >= 11 is 0. The van der Waals surface area contributed by atoms with Crippen molar-refractivity contribution in [1.29, 1.82) is 0 Å². The Labute approximate surface area is 324 Å². The molecular formula is C48H50O7. The Morgan fingerprint density at radius 1 is 0.945 bits per heavy atom. The minimum atomic E-state index is -0.497. The number of Topliss-reactive ketones (excluding diaryl/α,β-unsaturated/α-hetero) is 1. The lowest BCUT2D eigenvalue weighted by molar-refractivity contribution is -0.121. The molecule has 0 unspecified atom stereocenters. The number of ether oxygens (including phenoxy) is 3. The number of ketones is 1. The van der Waals surface area contributed by atoms with Crippen LogP contribution in [0, 0.1) is 23.9 Å². The number of rotatable bonds is 9. The number of phenols is 1. The zero-order chi connectivity index (χ0) is 38.3. The molecule has 2 aliphatic heterocycles. The maximum atomic E-state index is 13.6. The van der Waals surface area contributed by atoms with E-state index in [1.165, 1.54) is 5.56 Å². The van der Waals surface area contributed by atoms with E-state index in [0.717, 1.165) is 58.7 Å². The molecule has 0 saturated heterocycles. The number of methoxy groups -OCH3 is 1. The van der Waals surface area contributed by atoms with E-state index in [1.807, 2.05) is 42.5 Å². The zero-order valence-corrected chi connectivity index (χ0v) is 31.7. The first-order valence-electron chi connectivity index (χ1n) is 19.5. The highest BCUT2D eigenvalue weighted by atomic mass is 16.5. The van der Waals surface area contributed by atoms with Crippen LogP contribution in [-0.2, 0) is 42.0 Å². The van der Waals surface area contributed by atoms with Gasteiger partial charge in [0.15, 0.2) is 11.5 Å². The van der Waals surface area contributed by atoms with Gasteiger partial charge in [-0.05, 0) is 119 Å². The van der Waals surface area contributed by atoms with Crippen LogP contribution >= 0.6 is 0 Å². The van der Waals surface area contributed by atoms with Crippen molar-refractivity contribution in [3.8, 4) is 29.3 Å². The fourth-order valence-electron chi connectivity index (χ4n) is 8.36. The molecule has 4 atom stereocenters. The van der Waals surface area contributed by atoms with E-state index in [4.69, 9.17) is 14.2 Å². The van der Waals surface area contributed by atoms with Gasteiger partial charge < -0.3 is 29.5 Å². The topological polar surface area (TPSA) is 105 Å². The summed E-state index contributed by atoms with van der Waals surface area (Å²) in [5.74, 6) is 4.97. The SMILES string of the molecule is COc1ccc2cc1OCc1c(CO)cc3c(c(O)cc4c3c1C=C[C@@H]4C)CC#CO[C@@H](C[C@H]1C=C(O)C=C[C@H]1CCCCc1ccccc1)CC(=O)CC2. The summed E-state index contributed by atoms with van der Waals surface area (Å²) in [6, 6.07) is 20.0. The molecule has 0 fully saturated rings. The summed E-state index contributed by atoms with van der Waals surface area (Å²) in [6.45, 7) is 2.08. The Hall–Kier alpha value is -5.45. The Morgan fingerprint density at radius 2 is 1.80 bits per heavy atom. The third kappa shape index (κ3) is 8.77. The summed E-state index contributed by atoms with van der Waals surface area (Å²) in [5.41, 5.74) is 6.45. The van der Waals surface area contributed by atoms with Gasteiger partial charge in [0, 0.05) is 36.3 Å². The van der Waals surface area contributed by atoms with Crippen LogP contribution in [0.1, 0.15) is 90.3 Å². The molecule has 4 aromatic carbocycles. The molecule has 3 N–H and O–H groups in total. The molecule has 7 heteroatoms. The third-order valence-electron chi connectivity index (χ3n) is 11.4. The number of aromatic hydroxyl groups is 1. The number of carbonyl (C=O) groups is 1. The monoisotopic (exact) mass is 738 g/mol. The number of hydrogen-bond donors (Lipinski definition) is 3. The molecule has 0 spiro atoms. The van der Waals surface area contributed by atoms with Gasteiger partial charge in [-0.2, -0.15) is 0 Å². The van der Waals surface area contributed by atoms with Crippen LogP contribution in [0.5, 0.6) is 17.2 Å². The van der Waals surface area contributed by atoms with Gasteiger partial charge in [-0.3, -0.25) is 4.79 Å². The number of unbranched alkanes of at least 4 members (excludes halogenated alkanes) is 1. The molecule has 55 heavy (non-hydrogen) atoms. The van der Waals surface area contributed by atoms with Crippen LogP contribution in [0.4, 0.5) is 0 Å².